The third-order valence-electron chi connectivity index (χ3n) is 13.7. The molecule has 0 radical (unpaired) electrons. The Morgan fingerprint density at radius 3 is 1.84 bits per heavy atom. The van der Waals surface area contributed by atoms with Crippen molar-refractivity contribution in [3.05, 3.63) is 211 Å². The lowest BCUT2D eigenvalue weighted by Gasteiger charge is -2.23. The average Bonchev–Trinajstić information content (AvgIpc) is 3.94. The third-order valence-corrected chi connectivity index (χ3v) is 13.7. The van der Waals surface area contributed by atoms with Crippen LogP contribution < -0.4 is 9.30 Å². The molecule has 4 heterocycles. The molecule has 0 N–H and O–H groups in total. The zero-order valence-electron chi connectivity index (χ0n) is 45.5. The van der Waals surface area contributed by atoms with E-state index in [4.69, 9.17) is 17.9 Å². The van der Waals surface area contributed by atoms with Gasteiger partial charge in [0.25, 0.3) is 6.33 Å². The highest BCUT2D eigenvalue weighted by atomic mass is 16.5. The van der Waals surface area contributed by atoms with E-state index < -0.39 is 13.7 Å². The van der Waals surface area contributed by atoms with Crippen LogP contribution in [0.1, 0.15) is 72.0 Å². The van der Waals surface area contributed by atoms with E-state index in [2.05, 4.69) is 149 Å². The first-order valence-corrected chi connectivity index (χ1v) is 23.5. The summed E-state index contributed by atoms with van der Waals surface area (Å²) in [6, 6.07) is 58.3. The molecule has 0 aliphatic carbocycles. The summed E-state index contributed by atoms with van der Waals surface area (Å²) in [5, 5.41) is 2.20. The molecule has 3 aromatic heterocycles. The molecule has 12 rings (SSSR count). The molecule has 0 saturated heterocycles. The predicted octanol–water partition coefficient (Wildman–Crippen LogP) is 16.2. The van der Waals surface area contributed by atoms with Gasteiger partial charge in [-0.25, -0.2) is 4.98 Å². The number of fused-ring (bicyclic) bond motifs is 10. The van der Waals surface area contributed by atoms with Gasteiger partial charge in [0, 0.05) is 31.3 Å². The number of nitrogens with zero attached hydrogens (tertiary/aromatic N) is 4. The van der Waals surface area contributed by atoms with Crippen molar-refractivity contribution in [2.75, 3.05) is 0 Å². The van der Waals surface area contributed by atoms with E-state index >= 15 is 0 Å². The average molecular weight is 901 g/mol. The fourth-order valence-electron chi connectivity index (χ4n) is 10.3. The van der Waals surface area contributed by atoms with Crippen molar-refractivity contribution < 1.29 is 17.5 Å². The van der Waals surface area contributed by atoms with Crippen LogP contribution >= 0.6 is 0 Å². The molecule has 336 valence electrons. The van der Waals surface area contributed by atoms with Gasteiger partial charge in [0.15, 0.2) is 0 Å². The van der Waals surface area contributed by atoms with E-state index in [0.717, 1.165) is 83.3 Å². The molecule has 69 heavy (non-hydrogen) atoms. The van der Waals surface area contributed by atoms with E-state index in [0.29, 0.717) is 22.7 Å². The number of para-hydroxylation sites is 2. The van der Waals surface area contributed by atoms with Gasteiger partial charge >= 0.3 is 0 Å². The Balaban J connectivity index is 1.11. The summed E-state index contributed by atoms with van der Waals surface area (Å²) in [5.41, 5.74) is 13.1. The number of benzene rings is 8. The molecule has 0 amide bonds. The number of pyridine rings is 1. The van der Waals surface area contributed by atoms with Crippen molar-refractivity contribution in [2.45, 2.75) is 66.1 Å². The molecule has 0 bridgehead atoms. The fraction of sp³-hybridized carbons (Fsp3) is 0.156. The SMILES string of the molecule is [2H]C([2H])([2H])c1cccc(C([2H])([2H])[2H])c1-c1cccc2c1-[n+]1[c-]n(-c3cccc(Oc4ccc5c6ccccc6n(-c6cc(C(C)(C)C)ccn6)c5c4)c3)c3cc(C(C)(C)C)cc(c31)-c1ccccc1-c1ccccc1-2. The van der Waals surface area contributed by atoms with Crippen LogP contribution in [-0.2, 0) is 10.8 Å². The highest BCUT2D eigenvalue weighted by molar-refractivity contribution is 6.09. The van der Waals surface area contributed by atoms with Crippen molar-refractivity contribution in [1.82, 2.24) is 14.1 Å². The minimum absolute atomic E-state index is 0.0429. The number of hydrogen-bond acceptors (Lipinski definition) is 2. The van der Waals surface area contributed by atoms with Crippen LogP contribution in [0, 0.1) is 20.0 Å². The minimum atomic E-state index is -2.64. The zero-order chi connectivity index (χ0) is 52.3. The Labute approximate surface area is 413 Å². The molecule has 0 saturated carbocycles. The maximum absolute atomic E-state index is 8.81. The lowest BCUT2D eigenvalue weighted by atomic mass is 9.83. The van der Waals surface area contributed by atoms with Crippen LogP contribution in [-0.4, -0.2) is 14.1 Å². The summed E-state index contributed by atoms with van der Waals surface area (Å²) in [7, 11) is 0. The predicted molar refractivity (Wildman–Crippen MR) is 284 cm³/mol. The summed E-state index contributed by atoms with van der Waals surface area (Å²) >= 11 is 0. The van der Waals surface area contributed by atoms with Gasteiger partial charge in [-0.1, -0.05) is 157 Å². The lowest BCUT2D eigenvalue weighted by Crippen LogP contribution is -2.32. The lowest BCUT2D eigenvalue weighted by molar-refractivity contribution is -0.570. The van der Waals surface area contributed by atoms with Crippen molar-refractivity contribution in [1.29, 1.82) is 0 Å². The molecule has 0 spiro atoms. The maximum atomic E-state index is 8.81. The summed E-state index contributed by atoms with van der Waals surface area (Å²) < 4.78 is 66.0. The Morgan fingerprint density at radius 2 is 1.12 bits per heavy atom. The van der Waals surface area contributed by atoms with Gasteiger partial charge in [-0.2, -0.15) is 0 Å². The Bertz CT molecular complexity index is 4080. The number of hydrogen-bond donors (Lipinski definition) is 0. The van der Waals surface area contributed by atoms with Gasteiger partial charge in [-0.3, -0.25) is 13.7 Å². The van der Waals surface area contributed by atoms with Crippen LogP contribution in [0.15, 0.2) is 182 Å². The van der Waals surface area contributed by atoms with Crippen LogP contribution in [0.4, 0.5) is 0 Å². The second kappa shape index (κ2) is 15.8. The van der Waals surface area contributed by atoms with Crippen LogP contribution in [0.3, 0.4) is 0 Å². The molecule has 0 fully saturated rings. The molecule has 0 atom stereocenters. The topological polar surface area (TPSA) is 35.9 Å². The van der Waals surface area contributed by atoms with E-state index in [1.807, 2.05) is 76.0 Å². The quantitative estimate of drug-likeness (QED) is 0.127. The van der Waals surface area contributed by atoms with Crippen molar-refractivity contribution in [3.63, 3.8) is 0 Å². The molecular weight excluding hydrogens is 841 g/mol. The minimum Gasteiger partial charge on any atom is -0.458 e. The van der Waals surface area contributed by atoms with E-state index in [9.17, 15) is 0 Å². The molecule has 1 aliphatic rings. The smallest absolute Gasteiger partial charge is 0.269 e. The number of rotatable bonds is 5. The van der Waals surface area contributed by atoms with Gasteiger partial charge in [0.2, 0.25) is 0 Å². The second-order valence-corrected chi connectivity index (χ2v) is 20.2. The van der Waals surface area contributed by atoms with Crippen molar-refractivity contribution in [2.24, 2.45) is 0 Å². The van der Waals surface area contributed by atoms with Gasteiger partial charge in [0.05, 0.1) is 33.4 Å². The first-order chi connectivity index (χ1) is 35.7. The second-order valence-electron chi connectivity index (χ2n) is 20.2. The van der Waals surface area contributed by atoms with E-state index in [-0.39, 0.29) is 27.5 Å². The van der Waals surface area contributed by atoms with Gasteiger partial charge in [-0.05, 0) is 146 Å². The molecule has 8 aromatic carbocycles. The number of aryl methyl sites for hydroxylation is 2. The Hall–Kier alpha value is -8.02. The number of imidazole rings is 1. The summed E-state index contributed by atoms with van der Waals surface area (Å²) in [6.45, 7) is 7.97. The van der Waals surface area contributed by atoms with E-state index in [1.54, 1.807) is 0 Å². The number of aromatic nitrogens is 4. The van der Waals surface area contributed by atoms with Crippen molar-refractivity contribution >= 4 is 32.8 Å². The molecular formula is C64H54N4O. The van der Waals surface area contributed by atoms with Crippen LogP contribution in [0.2, 0.25) is 0 Å². The molecule has 1 aliphatic heterocycles. The molecule has 0 unspecified atom stereocenters. The molecule has 5 nitrogen and oxygen atoms in total. The van der Waals surface area contributed by atoms with Crippen LogP contribution in [0.25, 0.3) is 94.5 Å². The summed E-state index contributed by atoms with van der Waals surface area (Å²) in [6.07, 6.45) is 5.71. The van der Waals surface area contributed by atoms with Gasteiger partial charge in [0.1, 0.15) is 17.3 Å². The fourth-order valence-corrected chi connectivity index (χ4v) is 10.3. The monoisotopic (exact) mass is 900 g/mol. The highest BCUT2D eigenvalue weighted by Gasteiger charge is 2.29. The number of ether oxygens (including phenoxy) is 1. The zero-order valence-corrected chi connectivity index (χ0v) is 39.5. The van der Waals surface area contributed by atoms with Crippen LogP contribution in [0.5, 0.6) is 11.5 Å². The molecule has 5 heteroatoms. The van der Waals surface area contributed by atoms with E-state index in [1.165, 1.54) is 23.8 Å². The molecule has 11 aromatic rings. The highest BCUT2D eigenvalue weighted by Crippen LogP contribution is 2.47. The Morgan fingerprint density at radius 1 is 0.507 bits per heavy atom. The largest absolute Gasteiger partial charge is 0.458 e. The summed E-state index contributed by atoms with van der Waals surface area (Å²) in [5.74, 6) is 2.09. The standard InChI is InChI=1S/C64H54N4O/c1-40-18-15-19-41(2)60(40)54-28-17-27-53-49-24-11-9-22-47(49)48-23-10-12-25-50(48)55-34-43(64(6,7)8)35-58-62(55)67(61(53)54)39-66(58)44-20-16-21-45(37-44)69-46-30-31-52-51-26-13-14-29-56(51)68(57(52)38-46)59-36-42(32-33-65-59)63(3,4)5/h9-38H,1-8H3/i1D3,2D3. The van der Waals surface area contributed by atoms with Crippen molar-refractivity contribution in [3.8, 4) is 73.2 Å². The normalized spacial score (nSPS) is 14.0. The third kappa shape index (κ3) is 6.98. The first kappa shape index (κ1) is 36.1. The first-order valence-electron chi connectivity index (χ1n) is 26.5. The maximum Gasteiger partial charge on any atom is 0.269 e. The van der Waals surface area contributed by atoms with Gasteiger partial charge < -0.3 is 4.74 Å². The summed E-state index contributed by atoms with van der Waals surface area (Å²) in [4.78, 5) is 4.89. The Kier molecular flexibility index (Phi) is 8.25. The van der Waals surface area contributed by atoms with Gasteiger partial charge in [-0.15, -0.1) is 0 Å².